The number of hydrogen-bond donors (Lipinski definition) is 4. The van der Waals surface area contributed by atoms with Gasteiger partial charge in [-0.05, 0) is 88.2 Å². The van der Waals surface area contributed by atoms with Crippen molar-refractivity contribution in [1.29, 1.82) is 0 Å². The molecule has 0 heterocycles. The minimum atomic E-state index is -0.400. The number of hydrogen-bond acceptors (Lipinski definition) is 6. The second kappa shape index (κ2) is 12.8. The van der Waals surface area contributed by atoms with Crippen LogP contribution >= 0.6 is 0 Å². The monoisotopic (exact) mass is 564 g/mol. The molecule has 0 radical (unpaired) electrons. The predicted molar refractivity (Wildman–Crippen MR) is 161 cm³/mol. The van der Waals surface area contributed by atoms with Gasteiger partial charge in [0.2, 0.25) is 0 Å². The Morgan fingerprint density at radius 2 is 1.02 bits per heavy atom. The maximum absolute atomic E-state index is 12.4. The fourth-order valence-electron chi connectivity index (χ4n) is 7.38. The second-order valence-corrected chi connectivity index (χ2v) is 12.7. The summed E-state index contributed by atoms with van der Waals surface area (Å²) in [6, 6.07) is 19.3. The third kappa shape index (κ3) is 8.01. The molecule has 4 aliphatic carbocycles. The summed E-state index contributed by atoms with van der Waals surface area (Å²) in [4.78, 5) is 24.8. The summed E-state index contributed by atoms with van der Waals surface area (Å²) in [6.45, 7) is 0.496. The van der Waals surface area contributed by atoms with Gasteiger partial charge in [0.25, 0.3) is 0 Å². The third-order valence-electron chi connectivity index (χ3n) is 9.40. The van der Waals surface area contributed by atoms with Crippen LogP contribution in [0.5, 0.6) is 0 Å². The van der Waals surface area contributed by atoms with E-state index in [9.17, 15) is 9.59 Å². The van der Waals surface area contributed by atoms with Gasteiger partial charge in [-0.3, -0.25) is 0 Å². The molecule has 0 saturated heterocycles. The van der Waals surface area contributed by atoms with Gasteiger partial charge in [-0.25, -0.2) is 9.59 Å². The summed E-state index contributed by atoms with van der Waals surface area (Å²) >= 11 is 0. The van der Waals surface area contributed by atoms with Gasteiger partial charge in [-0.1, -0.05) is 68.1 Å². The molecule has 4 unspecified atom stereocenters. The van der Waals surface area contributed by atoms with Gasteiger partial charge in [-0.2, -0.15) is 0 Å². The molecule has 0 aromatic heterocycles. The van der Waals surface area contributed by atoms with E-state index in [0.29, 0.717) is 6.42 Å². The molecule has 4 atom stereocenters. The first kappa shape index (κ1) is 30.8. The largest absolute Gasteiger partial charge is 0.445 e. The van der Waals surface area contributed by atoms with Crippen LogP contribution in [0.15, 0.2) is 60.7 Å². The molecule has 8 nitrogen and oxygen atoms in total. The summed E-state index contributed by atoms with van der Waals surface area (Å²) in [5.41, 5.74) is 13.7. The summed E-state index contributed by atoms with van der Waals surface area (Å²) < 4.78 is 10.8. The molecule has 2 aromatic carbocycles. The summed E-state index contributed by atoms with van der Waals surface area (Å²) in [6.07, 6.45) is 11.3. The number of nitrogens with one attached hydrogen (secondary N) is 2. The van der Waals surface area contributed by atoms with Crippen LogP contribution in [0.1, 0.15) is 95.6 Å². The number of benzene rings is 2. The summed E-state index contributed by atoms with van der Waals surface area (Å²) in [5, 5.41) is 6.19. The highest BCUT2D eigenvalue weighted by Gasteiger charge is 2.53. The van der Waals surface area contributed by atoms with Gasteiger partial charge in [0.1, 0.15) is 13.2 Å². The number of rotatable bonds is 6. The topological polar surface area (TPSA) is 129 Å². The van der Waals surface area contributed by atoms with Crippen LogP contribution in [0.4, 0.5) is 9.59 Å². The molecule has 4 saturated carbocycles. The van der Waals surface area contributed by atoms with Gasteiger partial charge in [0.05, 0.1) is 0 Å². The quantitative estimate of drug-likeness (QED) is 0.337. The molecule has 4 fully saturated rings. The van der Waals surface area contributed by atoms with Crippen molar-refractivity contribution in [3.8, 4) is 0 Å². The molecule has 2 amide bonds. The number of alkyl carbamates (subject to hydrolysis) is 2. The highest BCUT2D eigenvalue weighted by atomic mass is 16.6. The fraction of sp³-hybridized carbons (Fsp3) is 0.576. The molecule has 0 aliphatic heterocycles. The molecule has 4 aliphatic rings. The van der Waals surface area contributed by atoms with Crippen molar-refractivity contribution in [2.45, 2.75) is 120 Å². The molecule has 6 rings (SSSR count). The van der Waals surface area contributed by atoms with E-state index >= 15 is 0 Å². The van der Waals surface area contributed by atoms with Crippen LogP contribution in [0, 0.1) is 0 Å². The smallest absolute Gasteiger partial charge is 0.407 e. The van der Waals surface area contributed by atoms with E-state index in [1.54, 1.807) is 0 Å². The standard InChI is InChI=1S/C24H28N2O4.C8H16N2.CH4/c27-21(29-16-19-8-3-1-4-9-19)25-23-12-7-13-24(18-23,15-14-23)26-22(28)30-17-20-10-5-2-6-11-20;9-7-2-1-3-8(10,6-7)5-4-7;/h1-6,8-11H,7,12-18H2,(H,25,27)(H,26,28);1-6,9-10H2;1H4. The third-order valence-corrected chi connectivity index (χ3v) is 9.40. The lowest BCUT2D eigenvalue weighted by Crippen LogP contribution is -2.55. The van der Waals surface area contributed by atoms with Crippen molar-refractivity contribution < 1.29 is 19.1 Å². The van der Waals surface area contributed by atoms with Crippen molar-refractivity contribution in [2.75, 3.05) is 0 Å². The number of ether oxygens (including phenoxy) is 2. The SMILES string of the molecule is C.NC12CCCC(N)(CC1)C2.O=C(NC12CCCC(NC(=O)OCc3ccccc3)(CC1)C2)OCc1ccccc1. The van der Waals surface area contributed by atoms with E-state index in [1.165, 1.54) is 19.3 Å². The normalized spacial score (nSPS) is 31.1. The molecule has 6 N–H and O–H groups in total. The van der Waals surface area contributed by atoms with Gasteiger partial charge in [-0.15, -0.1) is 0 Å². The molecule has 2 aromatic rings. The van der Waals surface area contributed by atoms with Crippen LogP contribution in [-0.4, -0.2) is 34.3 Å². The zero-order valence-electron chi connectivity index (χ0n) is 23.5. The van der Waals surface area contributed by atoms with Crippen LogP contribution in [0.3, 0.4) is 0 Å². The lowest BCUT2D eigenvalue weighted by Gasteiger charge is -2.39. The van der Waals surface area contributed by atoms with E-state index in [0.717, 1.165) is 62.5 Å². The van der Waals surface area contributed by atoms with Gasteiger partial charge < -0.3 is 31.6 Å². The molecular formula is C33H48N4O4. The van der Waals surface area contributed by atoms with Gasteiger partial charge >= 0.3 is 12.2 Å². The van der Waals surface area contributed by atoms with Crippen molar-refractivity contribution in [2.24, 2.45) is 11.5 Å². The van der Waals surface area contributed by atoms with E-state index in [2.05, 4.69) is 10.6 Å². The molecule has 4 bridgehead atoms. The van der Waals surface area contributed by atoms with Crippen LogP contribution < -0.4 is 22.1 Å². The Bertz CT molecular complexity index is 1080. The van der Waals surface area contributed by atoms with Crippen molar-refractivity contribution in [1.82, 2.24) is 10.6 Å². The van der Waals surface area contributed by atoms with Crippen molar-refractivity contribution >= 4 is 12.2 Å². The van der Waals surface area contributed by atoms with Crippen LogP contribution in [0.25, 0.3) is 0 Å². The highest BCUT2D eigenvalue weighted by Crippen LogP contribution is 2.48. The number of nitrogens with two attached hydrogens (primary N) is 2. The first-order chi connectivity index (χ1) is 19.2. The predicted octanol–water partition coefficient (Wildman–Crippen LogP) is 6.07. The first-order valence-electron chi connectivity index (χ1n) is 14.7. The van der Waals surface area contributed by atoms with Crippen LogP contribution in [-0.2, 0) is 22.7 Å². The Morgan fingerprint density at radius 3 is 1.44 bits per heavy atom. The number of carbonyl (C=O) groups is 2. The summed E-state index contributed by atoms with van der Waals surface area (Å²) in [5.74, 6) is 0. The maximum Gasteiger partial charge on any atom is 0.407 e. The maximum atomic E-state index is 12.4. The fourth-order valence-corrected chi connectivity index (χ4v) is 7.38. The Balaban J connectivity index is 0.000000295. The Hall–Kier alpha value is -3.10. The zero-order valence-corrected chi connectivity index (χ0v) is 23.5. The van der Waals surface area contributed by atoms with Crippen molar-refractivity contribution in [3.05, 3.63) is 71.8 Å². The average Bonchev–Trinajstić information content (AvgIpc) is 3.32. The number of fused-ring (bicyclic) bond motifs is 4. The summed E-state index contributed by atoms with van der Waals surface area (Å²) in [7, 11) is 0. The van der Waals surface area contributed by atoms with E-state index in [4.69, 9.17) is 20.9 Å². The minimum absolute atomic E-state index is 0. The van der Waals surface area contributed by atoms with E-state index in [-0.39, 0.29) is 42.8 Å². The highest BCUT2D eigenvalue weighted by molar-refractivity contribution is 5.70. The van der Waals surface area contributed by atoms with Crippen molar-refractivity contribution in [3.63, 3.8) is 0 Å². The lowest BCUT2D eigenvalue weighted by atomic mass is 9.78. The Morgan fingerprint density at radius 1 is 0.610 bits per heavy atom. The van der Waals surface area contributed by atoms with Gasteiger partial charge in [0, 0.05) is 22.2 Å². The van der Waals surface area contributed by atoms with Crippen LogP contribution in [0.2, 0.25) is 0 Å². The molecule has 41 heavy (non-hydrogen) atoms. The second-order valence-electron chi connectivity index (χ2n) is 12.7. The molecular weight excluding hydrogens is 516 g/mol. The Labute approximate surface area is 244 Å². The van der Waals surface area contributed by atoms with E-state index < -0.39 is 12.2 Å². The zero-order chi connectivity index (χ0) is 28.1. The molecule has 8 heteroatoms. The number of carbonyl (C=O) groups excluding carboxylic acids is 2. The Kier molecular flexibility index (Phi) is 9.65. The van der Waals surface area contributed by atoms with E-state index in [1.807, 2.05) is 60.7 Å². The molecule has 0 spiro atoms. The minimum Gasteiger partial charge on any atom is -0.445 e. The van der Waals surface area contributed by atoms with Gasteiger partial charge in [0.15, 0.2) is 0 Å². The molecule has 224 valence electrons. The number of amides is 2. The first-order valence-corrected chi connectivity index (χ1v) is 14.7. The average molecular weight is 565 g/mol. The lowest BCUT2D eigenvalue weighted by molar-refractivity contribution is 0.107.